The van der Waals surface area contributed by atoms with Crippen LogP contribution in [0.5, 0.6) is 5.75 Å². The predicted octanol–water partition coefficient (Wildman–Crippen LogP) is 6.81. The first-order valence-electron chi connectivity index (χ1n) is 9.50. The molecular weight excluding hydrogens is 515 g/mol. The van der Waals surface area contributed by atoms with Crippen LogP contribution in [-0.2, 0) is 6.61 Å². The fourth-order valence-corrected chi connectivity index (χ4v) is 5.40. The summed E-state index contributed by atoms with van der Waals surface area (Å²) in [6.45, 7) is 0.221. The van der Waals surface area contributed by atoms with Crippen molar-refractivity contribution in [1.82, 2.24) is 19.6 Å². The second kappa shape index (κ2) is 7.80. The summed E-state index contributed by atoms with van der Waals surface area (Å²) in [6, 6.07) is 14.5. The fourth-order valence-electron chi connectivity index (χ4n) is 3.40. The normalized spacial score (nSPS) is 11.6. The molecule has 0 saturated heterocycles. The topological polar surface area (TPSA) is 65.5 Å². The van der Waals surface area contributed by atoms with E-state index < -0.39 is 5.82 Å². The summed E-state index contributed by atoms with van der Waals surface area (Å²) in [5.74, 6) is 0.483. The molecule has 32 heavy (non-hydrogen) atoms. The van der Waals surface area contributed by atoms with Crippen LogP contribution in [0.25, 0.3) is 38.0 Å². The third-order valence-electron chi connectivity index (χ3n) is 4.83. The number of rotatable bonds is 5. The molecule has 0 aliphatic heterocycles. The zero-order valence-corrected chi connectivity index (χ0v) is 19.4. The van der Waals surface area contributed by atoms with E-state index in [0.717, 1.165) is 21.2 Å². The Bertz CT molecular complexity index is 1570. The molecule has 6 rings (SSSR count). The third kappa shape index (κ3) is 3.50. The Balaban J connectivity index is 1.31. The van der Waals surface area contributed by atoms with Gasteiger partial charge in [0, 0.05) is 23.1 Å². The van der Waals surface area contributed by atoms with Crippen molar-refractivity contribution in [2.75, 3.05) is 0 Å². The number of nitrogens with zero attached hydrogens (tertiary/aromatic N) is 4. The molecule has 10 heteroatoms. The van der Waals surface area contributed by atoms with E-state index in [-0.39, 0.29) is 6.61 Å². The first-order chi connectivity index (χ1) is 15.6. The first kappa shape index (κ1) is 19.6. The van der Waals surface area contributed by atoms with Crippen molar-refractivity contribution < 1.29 is 13.5 Å². The van der Waals surface area contributed by atoms with E-state index in [1.165, 1.54) is 23.5 Å². The van der Waals surface area contributed by atoms with Crippen molar-refractivity contribution in [3.63, 3.8) is 0 Å². The van der Waals surface area contributed by atoms with Crippen LogP contribution in [0.15, 0.2) is 68.4 Å². The molecule has 158 valence electrons. The first-order valence-corrected chi connectivity index (χ1v) is 12.0. The van der Waals surface area contributed by atoms with Gasteiger partial charge in [0.2, 0.25) is 4.96 Å². The van der Waals surface area contributed by atoms with E-state index in [0.29, 0.717) is 32.1 Å². The molecule has 4 aromatic heterocycles. The van der Waals surface area contributed by atoms with Crippen molar-refractivity contribution in [2.45, 2.75) is 6.61 Å². The van der Waals surface area contributed by atoms with E-state index in [4.69, 9.17) is 9.15 Å². The molecule has 0 spiro atoms. The van der Waals surface area contributed by atoms with Crippen molar-refractivity contribution >= 4 is 54.5 Å². The van der Waals surface area contributed by atoms with Crippen molar-refractivity contribution in [1.29, 1.82) is 0 Å². The Morgan fingerprint density at radius 2 is 2.03 bits per heavy atom. The highest BCUT2D eigenvalue weighted by molar-refractivity contribution is 9.11. The number of halogens is 2. The Morgan fingerprint density at radius 3 is 2.91 bits per heavy atom. The molecule has 0 aliphatic rings. The highest BCUT2D eigenvalue weighted by atomic mass is 79.9. The maximum absolute atomic E-state index is 14.3. The number of hydrogen-bond donors (Lipinski definition) is 0. The van der Waals surface area contributed by atoms with E-state index in [9.17, 15) is 4.39 Å². The summed E-state index contributed by atoms with van der Waals surface area (Å²) in [7, 11) is 0. The molecule has 0 atom stereocenters. The Kier molecular flexibility index (Phi) is 4.78. The van der Waals surface area contributed by atoms with E-state index in [2.05, 4.69) is 31.0 Å². The summed E-state index contributed by atoms with van der Waals surface area (Å²) in [5, 5.41) is 7.91. The lowest BCUT2D eigenvalue weighted by molar-refractivity contribution is 0.304. The molecule has 0 N–H and O–H groups in total. The van der Waals surface area contributed by atoms with Gasteiger partial charge in [-0.1, -0.05) is 41.7 Å². The predicted molar refractivity (Wildman–Crippen MR) is 126 cm³/mol. The highest BCUT2D eigenvalue weighted by Crippen LogP contribution is 2.36. The summed E-state index contributed by atoms with van der Waals surface area (Å²) in [5.41, 5.74) is 2.90. The zero-order valence-electron chi connectivity index (χ0n) is 16.2. The third-order valence-corrected chi connectivity index (χ3v) is 7.12. The second-order valence-electron chi connectivity index (χ2n) is 6.92. The number of aromatic nitrogens is 4. The van der Waals surface area contributed by atoms with Crippen LogP contribution >= 0.6 is 38.6 Å². The maximum atomic E-state index is 14.3. The lowest BCUT2D eigenvalue weighted by Crippen LogP contribution is -1.96. The minimum atomic E-state index is -0.438. The van der Waals surface area contributed by atoms with Gasteiger partial charge in [0.05, 0.1) is 17.3 Å². The van der Waals surface area contributed by atoms with Crippen LogP contribution in [-0.4, -0.2) is 19.6 Å². The monoisotopic (exact) mass is 526 g/mol. The van der Waals surface area contributed by atoms with Crippen LogP contribution in [0.1, 0.15) is 5.69 Å². The van der Waals surface area contributed by atoms with Gasteiger partial charge in [0.15, 0.2) is 9.68 Å². The van der Waals surface area contributed by atoms with Crippen LogP contribution in [0, 0.1) is 5.82 Å². The molecule has 0 saturated carbocycles. The molecule has 0 aliphatic carbocycles. The summed E-state index contributed by atoms with van der Waals surface area (Å²) < 4.78 is 28.5. The highest BCUT2D eigenvalue weighted by Gasteiger charge is 2.18. The number of hydrogen-bond acceptors (Lipinski definition) is 7. The SMILES string of the molecule is Fc1cc(OCc2csc(-c3ccccc3)n2)c2cc(-c3cnc4sc(Br)nn34)oc2c1. The lowest BCUT2D eigenvalue weighted by Gasteiger charge is -2.05. The molecule has 0 fully saturated rings. The van der Waals surface area contributed by atoms with E-state index in [1.54, 1.807) is 22.0 Å². The summed E-state index contributed by atoms with van der Waals surface area (Å²) >= 11 is 6.32. The number of furan rings is 1. The largest absolute Gasteiger partial charge is 0.486 e. The minimum Gasteiger partial charge on any atom is -0.486 e. The molecule has 6 aromatic rings. The van der Waals surface area contributed by atoms with Crippen LogP contribution in [0.2, 0.25) is 0 Å². The number of ether oxygens (including phenoxy) is 1. The molecule has 0 amide bonds. The average molecular weight is 527 g/mol. The molecular formula is C22H12BrFN4O2S2. The molecule has 0 unspecified atom stereocenters. The average Bonchev–Trinajstić information content (AvgIpc) is 3.55. The van der Waals surface area contributed by atoms with Gasteiger partial charge >= 0.3 is 0 Å². The second-order valence-corrected chi connectivity index (χ2v) is 10.0. The van der Waals surface area contributed by atoms with Crippen LogP contribution in [0.3, 0.4) is 0 Å². The van der Waals surface area contributed by atoms with Crippen molar-refractivity contribution in [3.05, 3.63) is 75.5 Å². The van der Waals surface area contributed by atoms with Crippen molar-refractivity contribution in [2.24, 2.45) is 0 Å². The molecule has 0 radical (unpaired) electrons. The standard InChI is InChI=1S/C22H12BrFN4O2S2/c23-21-27-28-16(9-25-22(28)32-21)19-8-15-17(6-13(24)7-18(15)30-19)29-10-14-11-31-20(26-14)12-4-2-1-3-5-12/h1-9,11H,10H2. The van der Waals surface area contributed by atoms with Crippen LogP contribution in [0.4, 0.5) is 4.39 Å². The quantitative estimate of drug-likeness (QED) is 0.247. The number of fused-ring (bicyclic) bond motifs is 2. The van der Waals surface area contributed by atoms with E-state index in [1.807, 2.05) is 41.8 Å². The Hall–Kier alpha value is -3.08. The maximum Gasteiger partial charge on any atom is 0.213 e. The fraction of sp³-hybridized carbons (Fsp3) is 0.0455. The smallest absolute Gasteiger partial charge is 0.213 e. The summed E-state index contributed by atoms with van der Waals surface area (Å²) in [6.07, 6.45) is 1.68. The Labute approximate surface area is 197 Å². The summed E-state index contributed by atoms with van der Waals surface area (Å²) in [4.78, 5) is 9.71. The van der Waals surface area contributed by atoms with Gasteiger partial charge in [-0.3, -0.25) is 0 Å². The van der Waals surface area contributed by atoms with Gasteiger partial charge in [-0.05, 0) is 22.0 Å². The molecule has 2 aromatic carbocycles. The van der Waals surface area contributed by atoms with Gasteiger partial charge in [-0.15, -0.1) is 16.4 Å². The molecule has 6 nitrogen and oxygen atoms in total. The lowest BCUT2D eigenvalue weighted by atomic mass is 10.2. The zero-order chi connectivity index (χ0) is 21.7. The van der Waals surface area contributed by atoms with E-state index >= 15 is 0 Å². The Morgan fingerprint density at radius 1 is 1.16 bits per heavy atom. The molecule has 4 heterocycles. The van der Waals surface area contributed by atoms with Gasteiger partial charge in [0.1, 0.15) is 34.5 Å². The van der Waals surface area contributed by atoms with Gasteiger partial charge in [-0.25, -0.2) is 14.4 Å². The molecule has 0 bridgehead atoms. The number of thiazole rings is 1. The number of benzene rings is 2. The minimum absolute atomic E-state index is 0.221. The van der Waals surface area contributed by atoms with Crippen LogP contribution < -0.4 is 4.74 Å². The van der Waals surface area contributed by atoms with Gasteiger partial charge in [-0.2, -0.15) is 4.52 Å². The van der Waals surface area contributed by atoms with Gasteiger partial charge < -0.3 is 9.15 Å². The number of imidazole rings is 1. The van der Waals surface area contributed by atoms with Crippen molar-refractivity contribution in [3.8, 4) is 27.8 Å². The van der Waals surface area contributed by atoms with Gasteiger partial charge in [0.25, 0.3) is 0 Å².